The van der Waals surface area contributed by atoms with Crippen LogP contribution >= 0.6 is 0 Å². The first kappa shape index (κ1) is 11.2. The quantitative estimate of drug-likeness (QED) is 0.593. The third kappa shape index (κ3) is 3.09. The molecule has 4 nitrogen and oxygen atoms in total. The zero-order valence-corrected chi connectivity index (χ0v) is 8.40. The van der Waals surface area contributed by atoms with E-state index in [0.29, 0.717) is 5.56 Å². The fourth-order valence-corrected chi connectivity index (χ4v) is 1.12. The molecule has 0 aliphatic rings. The molecule has 1 rings (SSSR count). The Kier molecular flexibility index (Phi) is 3.85. The molecule has 80 valence electrons. The van der Waals surface area contributed by atoms with Crippen molar-refractivity contribution in [3.05, 3.63) is 29.8 Å². The molecule has 15 heavy (non-hydrogen) atoms. The second kappa shape index (κ2) is 5.14. The van der Waals surface area contributed by atoms with Crippen molar-refractivity contribution >= 4 is 11.8 Å². The maximum absolute atomic E-state index is 11.3. The number of Topliss-reactive ketones (excluding diaryl/α,β-unsaturated/α-hetero) is 1. The van der Waals surface area contributed by atoms with Gasteiger partial charge in [0.25, 0.3) is 0 Å². The number of aromatic hydroxyl groups is 1. The van der Waals surface area contributed by atoms with Gasteiger partial charge in [-0.2, -0.15) is 0 Å². The van der Waals surface area contributed by atoms with Crippen LogP contribution in [0.5, 0.6) is 5.75 Å². The van der Waals surface area contributed by atoms with E-state index in [0.717, 1.165) is 0 Å². The van der Waals surface area contributed by atoms with Crippen LogP contribution in [-0.2, 0) is 20.7 Å². The lowest BCUT2D eigenvalue weighted by Crippen LogP contribution is -2.19. The van der Waals surface area contributed by atoms with Gasteiger partial charge in [0.15, 0.2) is 0 Å². The predicted octanol–water partition coefficient (Wildman–Crippen LogP) is 1.07. The van der Waals surface area contributed by atoms with E-state index >= 15 is 0 Å². The van der Waals surface area contributed by atoms with E-state index in [1.54, 1.807) is 25.1 Å². The molecule has 0 bridgehead atoms. The van der Waals surface area contributed by atoms with E-state index in [1.165, 1.54) is 6.07 Å². The summed E-state index contributed by atoms with van der Waals surface area (Å²) in [7, 11) is 0. The minimum Gasteiger partial charge on any atom is -0.508 e. The maximum atomic E-state index is 11.3. The Morgan fingerprint density at radius 2 is 2.00 bits per heavy atom. The Hall–Kier alpha value is -1.84. The molecule has 0 unspecified atom stereocenters. The van der Waals surface area contributed by atoms with Crippen molar-refractivity contribution in [3.8, 4) is 5.75 Å². The molecule has 0 fully saturated rings. The van der Waals surface area contributed by atoms with Crippen molar-refractivity contribution in [2.45, 2.75) is 13.3 Å². The van der Waals surface area contributed by atoms with Crippen molar-refractivity contribution in [2.24, 2.45) is 0 Å². The molecule has 1 N–H and O–H groups in total. The maximum Gasteiger partial charge on any atom is 0.374 e. The van der Waals surface area contributed by atoms with Gasteiger partial charge in [-0.05, 0) is 13.0 Å². The molecule has 1 aromatic rings. The summed E-state index contributed by atoms with van der Waals surface area (Å²) in [5.41, 5.74) is 0.426. The third-order valence-electron chi connectivity index (χ3n) is 1.85. The molecule has 1 aromatic carbocycles. The van der Waals surface area contributed by atoms with E-state index in [2.05, 4.69) is 4.74 Å². The molecule has 0 amide bonds. The van der Waals surface area contributed by atoms with Gasteiger partial charge in [0.05, 0.1) is 6.61 Å². The number of benzene rings is 1. The fraction of sp³-hybridized carbons (Fsp3) is 0.273. The zero-order chi connectivity index (χ0) is 11.3. The normalized spacial score (nSPS) is 9.67. The second-order valence-electron chi connectivity index (χ2n) is 2.95. The van der Waals surface area contributed by atoms with Crippen LogP contribution in [0.2, 0.25) is 0 Å². The summed E-state index contributed by atoms with van der Waals surface area (Å²) in [4.78, 5) is 22.3. The van der Waals surface area contributed by atoms with Crippen LogP contribution in [0.15, 0.2) is 24.3 Å². The number of hydrogen-bond donors (Lipinski definition) is 1. The highest BCUT2D eigenvalue weighted by Crippen LogP contribution is 2.16. The van der Waals surface area contributed by atoms with Crippen LogP contribution < -0.4 is 0 Å². The van der Waals surface area contributed by atoms with E-state index in [4.69, 9.17) is 0 Å². The highest BCUT2D eigenvalue weighted by Gasteiger charge is 2.16. The number of carbonyl (C=O) groups excluding carboxylic acids is 2. The van der Waals surface area contributed by atoms with Gasteiger partial charge in [0.2, 0.25) is 5.78 Å². The molecule has 0 heterocycles. The molecule has 4 heteroatoms. The number of ketones is 1. The van der Waals surface area contributed by atoms with Gasteiger partial charge in [0, 0.05) is 12.0 Å². The average Bonchev–Trinajstić information content (AvgIpc) is 2.21. The van der Waals surface area contributed by atoms with Gasteiger partial charge in [-0.25, -0.2) is 4.79 Å². The Balaban J connectivity index is 2.67. The highest BCUT2D eigenvalue weighted by molar-refractivity contribution is 6.34. The van der Waals surface area contributed by atoms with Gasteiger partial charge in [-0.15, -0.1) is 0 Å². The second-order valence-corrected chi connectivity index (χ2v) is 2.95. The first-order chi connectivity index (χ1) is 7.15. The predicted molar refractivity (Wildman–Crippen MR) is 53.5 cm³/mol. The van der Waals surface area contributed by atoms with Crippen LogP contribution in [0.25, 0.3) is 0 Å². The summed E-state index contributed by atoms with van der Waals surface area (Å²) < 4.78 is 4.55. The Labute approximate surface area is 87.5 Å². The topological polar surface area (TPSA) is 63.6 Å². The lowest BCUT2D eigenvalue weighted by molar-refractivity contribution is -0.153. The summed E-state index contributed by atoms with van der Waals surface area (Å²) in [5.74, 6) is -1.51. The van der Waals surface area contributed by atoms with E-state index in [-0.39, 0.29) is 18.8 Å². The summed E-state index contributed by atoms with van der Waals surface area (Å²) in [5, 5.41) is 9.37. The molecule has 0 aliphatic heterocycles. The van der Waals surface area contributed by atoms with E-state index in [9.17, 15) is 14.7 Å². The molecular formula is C11H12O4. The molecule has 0 spiro atoms. The molecule has 0 aliphatic carbocycles. The number of hydrogen-bond acceptors (Lipinski definition) is 4. The first-order valence-electron chi connectivity index (χ1n) is 4.62. The number of rotatable bonds is 4. The van der Waals surface area contributed by atoms with Crippen molar-refractivity contribution in [1.82, 2.24) is 0 Å². The minimum atomic E-state index is -0.860. The monoisotopic (exact) mass is 208 g/mol. The minimum absolute atomic E-state index is 0.00940. The highest BCUT2D eigenvalue weighted by atomic mass is 16.5. The van der Waals surface area contributed by atoms with Gasteiger partial charge >= 0.3 is 5.97 Å². The SMILES string of the molecule is CCOC(=O)C(=O)Cc1ccccc1O. The third-order valence-corrected chi connectivity index (χ3v) is 1.85. The number of carbonyl (C=O) groups is 2. The summed E-state index contributed by atoms with van der Waals surface area (Å²) in [6.07, 6.45) is -0.133. The number of phenolic OH excluding ortho intramolecular Hbond substituents is 1. The van der Waals surface area contributed by atoms with Crippen LogP contribution in [0.3, 0.4) is 0 Å². The van der Waals surface area contributed by atoms with Gasteiger partial charge in [-0.3, -0.25) is 4.79 Å². The summed E-state index contributed by atoms with van der Waals surface area (Å²) >= 11 is 0. The van der Waals surface area contributed by atoms with Gasteiger partial charge < -0.3 is 9.84 Å². The Morgan fingerprint density at radius 3 is 2.60 bits per heavy atom. The largest absolute Gasteiger partial charge is 0.508 e. The zero-order valence-electron chi connectivity index (χ0n) is 8.40. The molecular weight excluding hydrogens is 196 g/mol. The Morgan fingerprint density at radius 1 is 1.33 bits per heavy atom. The molecule has 0 radical (unpaired) electrons. The molecule has 0 saturated heterocycles. The van der Waals surface area contributed by atoms with Crippen molar-refractivity contribution in [2.75, 3.05) is 6.61 Å². The number of para-hydroxylation sites is 1. The Bertz CT molecular complexity index is 371. The smallest absolute Gasteiger partial charge is 0.374 e. The number of phenols is 1. The van der Waals surface area contributed by atoms with Crippen molar-refractivity contribution < 1.29 is 19.4 Å². The average molecular weight is 208 g/mol. The summed E-state index contributed by atoms with van der Waals surface area (Å²) in [6.45, 7) is 1.80. The number of ether oxygens (including phenoxy) is 1. The first-order valence-corrected chi connectivity index (χ1v) is 4.62. The van der Waals surface area contributed by atoms with Gasteiger partial charge in [0.1, 0.15) is 5.75 Å². The molecule has 0 atom stereocenters. The van der Waals surface area contributed by atoms with Crippen LogP contribution in [0, 0.1) is 0 Å². The van der Waals surface area contributed by atoms with Crippen molar-refractivity contribution in [3.63, 3.8) is 0 Å². The molecule has 0 saturated carbocycles. The lowest BCUT2D eigenvalue weighted by atomic mass is 10.1. The van der Waals surface area contributed by atoms with E-state index < -0.39 is 11.8 Å². The van der Waals surface area contributed by atoms with E-state index in [1.807, 2.05) is 0 Å². The summed E-state index contributed by atoms with van der Waals surface area (Å²) in [6, 6.07) is 6.39. The molecule has 0 aromatic heterocycles. The lowest BCUT2D eigenvalue weighted by Gasteiger charge is -2.03. The van der Waals surface area contributed by atoms with Crippen LogP contribution in [-0.4, -0.2) is 23.5 Å². The van der Waals surface area contributed by atoms with Crippen LogP contribution in [0.4, 0.5) is 0 Å². The van der Waals surface area contributed by atoms with Crippen LogP contribution in [0.1, 0.15) is 12.5 Å². The standard InChI is InChI=1S/C11H12O4/c1-2-15-11(14)10(13)7-8-5-3-4-6-9(8)12/h3-6,12H,2,7H2,1H3. The van der Waals surface area contributed by atoms with Gasteiger partial charge in [-0.1, -0.05) is 18.2 Å². The number of esters is 1. The van der Waals surface area contributed by atoms with Crippen molar-refractivity contribution in [1.29, 1.82) is 0 Å². The fourth-order valence-electron chi connectivity index (χ4n) is 1.12.